The first-order valence-electron chi connectivity index (χ1n) is 6.94. The second kappa shape index (κ2) is 6.65. The molecule has 114 valence electrons. The van der Waals surface area contributed by atoms with Crippen LogP contribution in [0.3, 0.4) is 0 Å². The van der Waals surface area contributed by atoms with E-state index in [9.17, 15) is 18.4 Å². The molecule has 1 heterocycles. The first-order chi connectivity index (χ1) is 9.99. The van der Waals surface area contributed by atoms with E-state index >= 15 is 0 Å². The molecule has 1 aromatic rings. The molecule has 1 fully saturated rings. The van der Waals surface area contributed by atoms with E-state index in [4.69, 9.17) is 5.11 Å². The van der Waals surface area contributed by atoms with Gasteiger partial charge < -0.3 is 10.0 Å². The standard InChI is InChI=1S/C15H17F2NO3/c16-12-3-1-2-11(14(12)17)15(21)18-8-6-10(7-9-18)4-5-13(19)20/h1-3,10H,4-9H2,(H,19,20). The zero-order chi connectivity index (χ0) is 15.4. The lowest BCUT2D eigenvalue weighted by Gasteiger charge is -2.32. The number of piperidine rings is 1. The molecule has 21 heavy (non-hydrogen) atoms. The first kappa shape index (κ1) is 15.4. The van der Waals surface area contributed by atoms with E-state index in [0.717, 1.165) is 6.07 Å². The lowest BCUT2D eigenvalue weighted by Crippen LogP contribution is -2.39. The molecule has 1 N–H and O–H groups in total. The number of benzene rings is 1. The smallest absolute Gasteiger partial charge is 0.303 e. The summed E-state index contributed by atoms with van der Waals surface area (Å²) >= 11 is 0. The maximum atomic E-state index is 13.6. The van der Waals surface area contributed by atoms with Gasteiger partial charge in [-0.3, -0.25) is 9.59 Å². The normalized spacial score (nSPS) is 16.0. The van der Waals surface area contributed by atoms with Crippen LogP contribution in [0.4, 0.5) is 8.78 Å². The van der Waals surface area contributed by atoms with Crippen molar-refractivity contribution < 1.29 is 23.5 Å². The number of carboxylic acids is 1. The zero-order valence-corrected chi connectivity index (χ0v) is 11.5. The zero-order valence-electron chi connectivity index (χ0n) is 11.5. The van der Waals surface area contributed by atoms with Crippen molar-refractivity contribution in [2.24, 2.45) is 5.92 Å². The van der Waals surface area contributed by atoms with Gasteiger partial charge in [0.2, 0.25) is 0 Å². The summed E-state index contributed by atoms with van der Waals surface area (Å²) in [6.07, 6.45) is 2.09. The van der Waals surface area contributed by atoms with Crippen LogP contribution in [0.15, 0.2) is 18.2 Å². The summed E-state index contributed by atoms with van der Waals surface area (Å²) in [4.78, 5) is 24.2. The van der Waals surface area contributed by atoms with Crippen molar-refractivity contribution in [3.05, 3.63) is 35.4 Å². The Kier molecular flexibility index (Phi) is 4.88. The van der Waals surface area contributed by atoms with Gasteiger partial charge in [-0.2, -0.15) is 0 Å². The Morgan fingerprint density at radius 3 is 2.52 bits per heavy atom. The molecule has 1 aromatic carbocycles. The van der Waals surface area contributed by atoms with E-state index in [2.05, 4.69) is 0 Å². The number of carbonyl (C=O) groups excluding carboxylic acids is 1. The predicted molar refractivity (Wildman–Crippen MR) is 71.9 cm³/mol. The van der Waals surface area contributed by atoms with Gasteiger partial charge >= 0.3 is 5.97 Å². The molecule has 1 saturated heterocycles. The van der Waals surface area contributed by atoms with Crippen LogP contribution in [0.25, 0.3) is 0 Å². The Bertz CT molecular complexity index is 540. The van der Waals surface area contributed by atoms with Gasteiger partial charge in [-0.15, -0.1) is 0 Å². The second-order valence-electron chi connectivity index (χ2n) is 5.27. The first-order valence-corrected chi connectivity index (χ1v) is 6.94. The van der Waals surface area contributed by atoms with E-state index in [-0.39, 0.29) is 17.9 Å². The van der Waals surface area contributed by atoms with Crippen molar-refractivity contribution in [1.82, 2.24) is 4.90 Å². The molecule has 6 heteroatoms. The number of carboxylic acid groups (broad SMARTS) is 1. The van der Waals surface area contributed by atoms with Crippen LogP contribution < -0.4 is 0 Å². The Labute approximate surface area is 121 Å². The minimum absolute atomic E-state index is 0.122. The number of likely N-dealkylation sites (tertiary alicyclic amines) is 1. The summed E-state index contributed by atoms with van der Waals surface area (Å²) in [5.74, 6) is -3.21. The fourth-order valence-electron chi connectivity index (χ4n) is 2.59. The van der Waals surface area contributed by atoms with E-state index in [1.165, 1.54) is 17.0 Å². The minimum atomic E-state index is -1.12. The Hall–Kier alpha value is -1.98. The quantitative estimate of drug-likeness (QED) is 0.929. The van der Waals surface area contributed by atoms with Crippen LogP contribution in [0.5, 0.6) is 0 Å². The highest BCUT2D eigenvalue weighted by Gasteiger charge is 2.26. The average Bonchev–Trinajstić information content (AvgIpc) is 2.48. The molecule has 0 spiro atoms. The van der Waals surface area contributed by atoms with Gasteiger partial charge in [-0.1, -0.05) is 6.07 Å². The number of nitrogens with zero attached hydrogens (tertiary/aromatic N) is 1. The van der Waals surface area contributed by atoms with Gasteiger partial charge in [0.05, 0.1) is 5.56 Å². The number of hydrogen-bond donors (Lipinski definition) is 1. The highest BCUT2D eigenvalue weighted by molar-refractivity contribution is 5.94. The largest absolute Gasteiger partial charge is 0.481 e. The molecular weight excluding hydrogens is 280 g/mol. The van der Waals surface area contributed by atoms with E-state index < -0.39 is 23.5 Å². The lowest BCUT2D eigenvalue weighted by molar-refractivity contribution is -0.137. The van der Waals surface area contributed by atoms with Gasteiger partial charge in [-0.05, 0) is 37.3 Å². The third-order valence-corrected chi connectivity index (χ3v) is 3.85. The summed E-state index contributed by atoms with van der Waals surface area (Å²) < 4.78 is 26.7. The third kappa shape index (κ3) is 3.77. The number of amides is 1. The van der Waals surface area contributed by atoms with Crippen LogP contribution in [0.2, 0.25) is 0 Å². The van der Waals surface area contributed by atoms with Gasteiger partial charge in [0.1, 0.15) is 0 Å². The Morgan fingerprint density at radius 2 is 1.90 bits per heavy atom. The van der Waals surface area contributed by atoms with Crippen LogP contribution in [0, 0.1) is 17.6 Å². The molecule has 0 radical (unpaired) electrons. The van der Waals surface area contributed by atoms with Crippen molar-refractivity contribution >= 4 is 11.9 Å². The van der Waals surface area contributed by atoms with Crippen molar-refractivity contribution in [2.45, 2.75) is 25.7 Å². The third-order valence-electron chi connectivity index (χ3n) is 3.85. The van der Waals surface area contributed by atoms with Crippen LogP contribution >= 0.6 is 0 Å². The lowest BCUT2D eigenvalue weighted by atomic mass is 9.92. The summed E-state index contributed by atoms with van der Waals surface area (Å²) in [5.41, 5.74) is -0.251. The SMILES string of the molecule is O=C(O)CCC1CCN(C(=O)c2cccc(F)c2F)CC1. The van der Waals surface area contributed by atoms with Crippen molar-refractivity contribution in [2.75, 3.05) is 13.1 Å². The molecule has 0 unspecified atom stereocenters. The molecule has 0 aliphatic carbocycles. The number of halogens is 2. The summed E-state index contributed by atoms with van der Waals surface area (Å²) in [5, 5.41) is 8.65. The number of aliphatic carboxylic acids is 1. The molecule has 0 bridgehead atoms. The molecule has 0 saturated carbocycles. The highest BCUT2D eigenvalue weighted by atomic mass is 19.2. The molecule has 1 aliphatic heterocycles. The van der Waals surface area contributed by atoms with Gasteiger partial charge in [-0.25, -0.2) is 8.78 Å². The molecule has 1 aliphatic rings. The van der Waals surface area contributed by atoms with Crippen molar-refractivity contribution in [3.8, 4) is 0 Å². The minimum Gasteiger partial charge on any atom is -0.481 e. The van der Waals surface area contributed by atoms with E-state index in [1.807, 2.05) is 0 Å². The molecule has 0 aromatic heterocycles. The van der Waals surface area contributed by atoms with Crippen LogP contribution in [0.1, 0.15) is 36.0 Å². The van der Waals surface area contributed by atoms with Crippen LogP contribution in [-0.4, -0.2) is 35.0 Å². The molecule has 1 amide bonds. The van der Waals surface area contributed by atoms with Crippen molar-refractivity contribution in [3.63, 3.8) is 0 Å². The second-order valence-corrected chi connectivity index (χ2v) is 5.27. The molecule has 2 rings (SSSR count). The average molecular weight is 297 g/mol. The number of rotatable bonds is 4. The van der Waals surface area contributed by atoms with Gasteiger partial charge in [0.15, 0.2) is 11.6 Å². The predicted octanol–water partition coefficient (Wildman–Crippen LogP) is 2.68. The molecular formula is C15H17F2NO3. The Balaban J connectivity index is 1.94. The van der Waals surface area contributed by atoms with E-state index in [1.54, 1.807) is 0 Å². The van der Waals surface area contributed by atoms with Crippen molar-refractivity contribution in [1.29, 1.82) is 0 Å². The molecule has 4 nitrogen and oxygen atoms in total. The molecule has 0 atom stereocenters. The summed E-state index contributed by atoms with van der Waals surface area (Å²) in [6, 6.07) is 3.56. The van der Waals surface area contributed by atoms with Gasteiger partial charge in [0.25, 0.3) is 5.91 Å². The maximum Gasteiger partial charge on any atom is 0.303 e. The number of carbonyl (C=O) groups is 2. The number of hydrogen-bond acceptors (Lipinski definition) is 2. The van der Waals surface area contributed by atoms with E-state index in [0.29, 0.717) is 32.4 Å². The highest BCUT2D eigenvalue weighted by Crippen LogP contribution is 2.24. The summed E-state index contributed by atoms with van der Waals surface area (Å²) in [7, 11) is 0. The van der Waals surface area contributed by atoms with Crippen LogP contribution in [-0.2, 0) is 4.79 Å². The Morgan fingerprint density at radius 1 is 1.24 bits per heavy atom. The monoisotopic (exact) mass is 297 g/mol. The maximum absolute atomic E-state index is 13.6. The van der Waals surface area contributed by atoms with Gasteiger partial charge in [0, 0.05) is 19.5 Å². The fourth-order valence-corrected chi connectivity index (χ4v) is 2.59. The topological polar surface area (TPSA) is 57.6 Å². The fraction of sp³-hybridized carbons (Fsp3) is 0.467. The summed E-state index contributed by atoms with van der Waals surface area (Å²) in [6.45, 7) is 0.887.